The molecular weight excluding hydrogens is 338 g/mol. The van der Waals surface area contributed by atoms with Crippen LogP contribution in [0, 0.1) is 11.3 Å². The summed E-state index contributed by atoms with van der Waals surface area (Å²) in [7, 11) is 1.88. The number of carbonyl (C=O) groups excluding carboxylic acids is 1. The highest BCUT2D eigenvalue weighted by Crippen LogP contribution is 2.42. The highest BCUT2D eigenvalue weighted by molar-refractivity contribution is 6.08. The number of nitrogens with one attached hydrogen (secondary N) is 4. The van der Waals surface area contributed by atoms with Crippen molar-refractivity contribution in [2.24, 2.45) is 5.92 Å². The first-order valence-electron chi connectivity index (χ1n) is 9.37. The summed E-state index contributed by atoms with van der Waals surface area (Å²) in [6, 6.07) is 9.93. The maximum atomic E-state index is 12.1. The lowest BCUT2D eigenvalue weighted by molar-refractivity contribution is -0.116. The van der Waals surface area contributed by atoms with Crippen LogP contribution in [0.2, 0.25) is 0 Å². The van der Waals surface area contributed by atoms with Crippen molar-refractivity contribution in [1.29, 1.82) is 5.41 Å². The zero-order valence-electron chi connectivity index (χ0n) is 15.6. The molecule has 1 aliphatic carbocycles. The van der Waals surface area contributed by atoms with Crippen LogP contribution < -0.4 is 21.7 Å². The predicted octanol–water partition coefficient (Wildman–Crippen LogP) is 3.90. The van der Waals surface area contributed by atoms with Crippen molar-refractivity contribution < 1.29 is 4.79 Å². The van der Waals surface area contributed by atoms with Crippen LogP contribution in [0.25, 0.3) is 11.1 Å². The molecule has 4 rings (SSSR count). The summed E-state index contributed by atoms with van der Waals surface area (Å²) >= 11 is 0. The van der Waals surface area contributed by atoms with Gasteiger partial charge in [-0.3, -0.25) is 4.79 Å². The molecule has 2 aromatic rings. The van der Waals surface area contributed by atoms with Crippen molar-refractivity contribution in [2.45, 2.75) is 32.2 Å². The van der Waals surface area contributed by atoms with E-state index in [-0.39, 0.29) is 11.9 Å². The van der Waals surface area contributed by atoms with Crippen LogP contribution in [0.15, 0.2) is 30.3 Å². The molecule has 6 nitrogen and oxygen atoms in total. The second-order valence-electron chi connectivity index (χ2n) is 7.45. The molecule has 27 heavy (non-hydrogen) atoms. The molecule has 1 atom stereocenters. The van der Waals surface area contributed by atoms with Crippen LogP contribution in [0.1, 0.15) is 31.7 Å². The molecule has 2 aliphatic rings. The van der Waals surface area contributed by atoms with E-state index < -0.39 is 0 Å². The summed E-state index contributed by atoms with van der Waals surface area (Å²) in [5.74, 6) is 0.327. The largest absolute Gasteiger partial charge is 0.397 e. The SMILES string of the molecule is CNc1ccc(-c2ccc(N)c3c2N[C@H](C)CC(=O)N3)cc1C(=N)C1CC1. The van der Waals surface area contributed by atoms with Crippen LogP contribution in [-0.4, -0.2) is 24.7 Å². The lowest BCUT2D eigenvalue weighted by atomic mass is 9.95. The van der Waals surface area contributed by atoms with Crippen LogP contribution in [0.3, 0.4) is 0 Å². The van der Waals surface area contributed by atoms with Gasteiger partial charge in [-0.05, 0) is 43.5 Å². The van der Waals surface area contributed by atoms with Gasteiger partial charge in [0.2, 0.25) is 5.91 Å². The van der Waals surface area contributed by atoms with E-state index in [1.165, 1.54) is 0 Å². The molecule has 2 aromatic carbocycles. The lowest BCUT2D eigenvalue weighted by Gasteiger charge is -2.19. The molecule has 1 saturated carbocycles. The Morgan fingerprint density at radius 3 is 2.70 bits per heavy atom. The summed E-state index contributed by atoms with van der Waals surface area (Å²) in [6.07, 6.45) is 2.58. The van der Waals surface area contributed by atoms with Gasteiger partial charge in [0.1, 0.15) is 0 Å². The Kier molecular flexibility index (Phi) is 4.26. The number of carbonyl (C=O) groups is 1. The van der Waals surface area contributed by atoms with Gasteiger partial charge in [0.15, 0.2) is 0 Å². The first-order valence-corrected chi connectivity index (χ1v) is 9.37. The number of hydrogen-bond acceptors (Lipinski definition) is 5. The Balaban J connectivity index is 1.84. The van der Waals surface area contributed by atoms with Crippen molar-refractivity contribution in [3.8, 4) is 11.1 Å². The van der Waals surface area contributed by atoms with Crippen molar-refractivity contribution in [3.63, 3.8) is 0 Å². The minimum Gasteiger partial charge on any atom is -0.397 e. The van der Waals surface area contributed by atoms with Gasteiger partial charge in [0, 0.05) is 48.0 Å². The number of anilines is 4. The fraction of sp³-hybridized carbons (Fsp3) is 0.333. The lowest BCUT2D eigenvalue weighted by Crippen LogP contribution is -2.19. The van der Waals surface area contributed by atoms with E-state index in [2.05, 4.69) is 22.0 Å². The molecule has 0 spiro atoms. The number of rotatable bonds is 4. The standard InChI is InChI=1S/C21H25N5O/c1-11-9-18(27)26-21-16(22)7-6-14(20(21)25-11)13-5-8-17(24-2)15(10-13)19(23)12-3-4-12/h5-8,10-12,23-25H,3-4,9,22H2,1-2H3,(H,26,27)/t11-/m1/s1. The van der Waals surface area contributed by atoms with E-state index in [9.17, 15) is 4.79 Å². The summed E-state index contributed by atoms with van der Waals surface area (Å²) in [6.45, 7) is 1.99. The normalized spacial score (nSPS) is 18.7. The van der Waals surface area contributed by atoms with Crippen LogP contribution in [0.5, 0.6) is 0 Å². The van der Waals surface area contributed by atoms with E-state index in [0.29, 0.717) is 29.4 Å². The monoisotopic (exact) mass is 363 g/mol. The minimum atomic E-state index is -0.0423. The molecule has 6 N–H and O–H groups in total. The number of hydrogen-bond donors (Lipinski definition) is 5. The molecule has 1 amide bonds. The third kappa shape index (κ3) is 3.23. The van der Waals surface area contributed by atoms with Gasteiger partial charge in [-0.25, -0.2) is 0 Å². The quantitative estimate of drug-likeness (QED) is 0.420. The number of amides is 1. The van der Waals surface area contributed by atoms with Crippen molar-refractivity contribution in [3.05, 3.63) is 35.9 Å². The molecule has 6 heteroatoms. The average Bonchev–Trinajstić information content (AvgIpc) is 3.49. The first-order chi connectivity index (χ1) is 13.0. The van der Waals surface area contributed by atoms with E-state index in [4.69, 9.17) is 11.1 Å². The van der Waals surface area contributed by atoms with Crippen molar-refractivity contribution in [1.82, 2.24) is 0 Å². The van der Waals surface area contributed by atoms with E-state index in [0.717, 1.165) is 40.9 Å². The number of fused-ring (bicyclic) bond motifs is 1. The van der Waals surface area contributed by atoms with Gasteiger partial charge in [-0.1, -0.05) is 12.1 Å². The Hall–Kier alpha value is -3.02. The summed E-state index contributed by atoms with van der Waals surface area (Å²) in [4.78, 5) is 12.1. The van der Waals surface area contributed by atoms with Gasteiger partial charge < -0.3 is 27.1 Å². The van der Waals surface area contributed by atoms with Gasteiger partial charge >= 0.3 is 0 Å². The van der Waals surface area contributed by atoms with E-state index in [1.807, 2.05) is 38.2 Å². The topological polar surface area (TPSA) is 103 Å². The molecule has 0 unspecified atom stereocenters. The predicted molar refractivity (Wildman–Crippen MR) is 112 cm³/mol. The molecule has 0 saturated heterocycles. The molecule has 0 aromatic heterocycles. The second kappa shape index (κ2) is 6.61. The van der Waals surface area contributed by atoms with Crippen LogP contribution >= 0.6 is 0 Å². The molecule has 0 radical (unpaired) electrons. The number of benzene rings is 2. The van der Waals surface area contributed by atoms with E-state index in [1.54, 1.807) is 0 Å². The maximum Gasteiger partial charge on any atom is 0.226 e. The van der Waals surface area contributed by atoms with Gasteiger partial charge in [-0.15, -0.1) is 0 Å². The summed E-state index contributed by atoms with van der Waals surface area (Å²) in [5.41, 5.74) is 12.7. The Bertz CT molecular complexity index is 932. The highest BCUT2D eigenvalue weighted by Gasteiger charge is 2.29. The average molecular weight is 363 g/mol. The molecule has 1 aliphatic heterocycles. The highest BCUT2D eigenvalue weighted by atomic mass is 16.1. The Morgan fingerprint density at radius 2 is 2.00 bits per heavy atom. The molecular formula is C21H25N5O. The smallest absolute Gasteiger partial charge is 0.226 e. The zero-order valence-corrected chi connectivity index (χ0v) is 15.6. The van der Waals surface area contributed by atoms with Gasteiger partial charge in [0.25, 0.3) is 0 Å². The third-order valence-electron chi connectivity index (χ3n) is 5.26. The van der Waals surface area contributed by atoms with E-state index >= 15 is 0 Å². The number of nitrogen functional groups attached to an aromatic ring is 1. The van der Waals surface area contributed by atoms with Crippen LogP contribution in [-0.2, 0) is 4.79 Å². The van der Waals surface area contributed by atoms with Crippen molar-refractivity contribution >= 4 is 34.4 Å². The molecule has 140 valence electrons. The minimum absolute atomic E-state index is 0.00705. The first kappa shape index (κ1) is 17.4. The number of nitrogens with two attached hydrogens (primary N) is 1. The summed E-state index contributed by atoms with van der Waals surface area (Å²) in [5, 5.41) is 18.1. The molecule has 0 bridgehead atoms. The Morgan fingerprint density at radius 1 is 1.22 bits per heavy atom. The fourth-order valence-electron chi connectivity index (χ4n) is 3.65. The van der Waals surface area contributed by atoms with Gasteiger partial charge in [-0.2, -0.15) is 0 Å². The third-order valence-corrected chi connectivity index (χ3v) is 5.26. The Labute approximate surface area is 159 Å². The van der Waals surface area contributed by atoms with Crippen LogP contribution in [0.4, 0.5) is 22.7 Å². The second-order valence-corrected chi connectivity index (χ2v) is 7.45. The van der Waals surface area contributed by atoms with Gasteiger partial charge in [0.05, 0.1) is 17.1 Å². The molecule has 1 heterocycles. The summed E-state index contributed by atoms with van der Waals surface area (Å²) < 4.78 is 0. The fourth-order valence-corrected chi connectivity index (χ4v) is 3.65. The zero-order chi connectivity index (χ0) is 19.1. The molecule has 1 fully saturated rings. The maximum absolute atomic E-state index is 12.1. The van der Waals surface area contributed by atoms with Crippen molar-refractivity contribution in [2.75, 3.05) is 28.7 Å².